The predicted octanol–water partition coefficient (Wildman–Crippen LogP) is 2.79. The van der Waals surface area contributed by atoms with Gasteiger partial charge in [-0.2, -0.15) is 4.72 Å². The van der Waals surface area contributed by atoms with E-state index in [1.54, 1.807) is 36.4 Å². The largest absolute Gasteiger partial charge is 0.346 e. The minimum absolute atomic E-state index is 0.278. The summed E-state index contributed by atoms with van der Waals surface area (Å²) in [6, 6.07) is 13.3. The first-order valence-electron chi connectivity index (χ1n) is 8.75. The monoisotopic (exact) mass is 479 g/mol. The van der Waals surface area contributed by atoms with E-state index in [0.29, 0.717) is 5.69 Å². The van der Waals surface area contributed by atoms with Gasteiger partial charge in [-0.15, -0.1) is 0 Å². The normalized spacial score (nSPS) is 12.5. The van der Waals surface area contributed by atoms with Crippen molar-refractivity contribution >= 4 is 49.5 Å². The second-order valence-corrected chi connectivity index (χ2v) is 8.84. The molecule has 0 radical (unpaired) electrons. The van der Waals surface area contributed by atoms with Crippen LogP contribution in [0.1, 0.15) is 18.1 Å². The fourth-order valence-corrected chi connectivity index (χ4v) is 3.84. The van der Waals surface area contributed by atoms with Crippen LogP contribution in [0.5, 0.6) is 0 Å². The van der Waals surface area contributed by atoms with Crippen LogP contribution in [-0.4, -0.2) is 32.8 Å². The number of halogens is 1. The van der Waals surface area contributed by atoms with Gasteiger partial charge in [0, 0.05) is 15.6 Å². The molecular weight excluding hydrogens is 458 g/mol. The van der Waals surface area contributed by atoms with Crippen LogP contribution in [0.2, 0.25) is 0 Å². The lowest BCUT2D eigenvalue weighted by molar-refractivity contribution is -0.125. The zero-order valence-electron chi connectivity index (χ0n) is 16.0. The summed E-state index contributed by atoms with van der Waals surface area (Å²) in [6.07, 6.45) is 1.43. The molecule has 0 aromatic heterocycles. The molecule has 154 valence electrons. The summed E-state index contributed by atoms with van der Waals surface area (Å²) in [6.45, 7) is 2.97. The Bertz CT molecular complexity index is 1010. The molecule has 0 aliphatic carbocycles. The van der Waals surface area contributed by atoms with Crippen LogP contribution in [0.15, 0.2) is 58.4 Å². The summed E-state index contributed by atoms with van der Waals surface area (Å²) in [5, 5.41) is 6.11. The van der Waals surface area contributed by atoms with E-state index < -0.39 is 27.9 Å². The minimum atomic E-state index is -3.82. The Morgan fingerprint density at radius 1 is 1.14 bits per heavy atom. The van der Waals surface area contributed by atoms with E-state index in [0.717, 1.165) is 21.0 Å². The van der Waals surface area contributed by atoms with Crippen molar-refractivity contribution < 1.29 is 18.0 Å². The van der Waals surface area contributed by atoms with Gasteiger partial charge in [-0.1, -0.05) is 46.3 Å². The predicted molar refractivity (Wildman–Crippen MR) is 118 cm³/mol. The van der Waals surface area contributed by atoms with E-state index in [1.165, 1.54) is 13.0 Å². The van der Waals surface area contributed by atoms with E-state index in [9.17, 15) is 18.0 Å². The van der Waals surface area contributed by atoms with Gasteiger partial charge in [0.2, 0.25) is 21.8 Å². The van der Waals surface area contributed by atoms with Gasteiger partial charge in [0.05, 0.1) is 12.6 Å². The number of aryl methyl sites for hydroxylation is 1. The van der Waals surface area contributed by atoms with Crippen molar-refractivity contribution in [2.24, 2.45) is 0 Å². The van der Waals surface area contributed by atoms with E-state index in [1.807, 2.05) is 19.1 Å². The molecule has 3 N–H and O–H groups in total. The summed E-state index contributed by atoms with van der Waals surface area (Å²) in [5.41, 5.74) is 2.22. The molecule has 0 aliphatic rings. The van der Waals surface area contributed by atoms with Crippen LogP contribution >= 0.6 is 15.9 Å². The summed E-state index contributed by atoms with van der Waals surface area (Å²) < 4.78 is 27.3. The number of hydrogen-bond donors (Lipinski definition) is 3. The standard InChI is InChI=1S/C20H22BrN3O4S/c1-14-12-17(21)8-9-18(14)23-19(25)13-22-20(26)15(2)24-29(27,28)11-10-16-6-4-3-5-7-16/h3-12,15,24H,13H2,1-2H3,(H,22,26)(H,23,25)/b11-10+/t15-/m0/s1. The first-order valence-corrected chi connectivity index (χ1v) is 11.1. The van der Waals surface area contributed by atoms with E-state index >= 15 is 0 Å². The SMILES string of the molecule is Cc1cc(Br)ccc1NC(=O)CNC(=O)[C@H](C)NS(=O)(=O)/C=C/c1ccccc1. The first-order chi connectivity index (χ1) is 13.7. The molecule has 2 aromatic carbocycles. The maximum Gasteiger partial charge on any atom is 0.243 e. The van der Waals surface area contributed by atoms with Gasteiger partial charge in [-0.3, -0.25) is 9.59 Å². The third-order valence-corrected chi connectivity index (χ3v) is 5.53. The highest BCUT2D eigenvalue weighted by Gasteiger charge is 2.19. The maximum atomic E-state index is 12.1. The second kappa shape index (κ2) is 10.3. The number of anilines is 1. The van der Waals surface area contributed by atoms with Gasteiger partial charge < -0.3 is 10.6 Å². The molecule has 2 aromatic rings. The number of nitrogens with one attached hydrogen (secondary N) is 3. The lowest BCUT2D eigenvalue weighted by Crippen LogP contribution is -2.46. The van der Waals surface area contributed by atoms with Crippen LogP contribution in [0.4, 0.5) is 5.69 Å². The lowest BCUT2D eigenvalue weighted by Gasteiger charge is -2.13. The van der Waals surface area contributed by atoms with Crippen LogP contribution in [0.25, 0.3) is 6.08 Å². The molecule has 0 unspecified atom stereocenters. The average molecular weight is 480 g/mol. The Labute approximate surface area is 178 Å². The highest BCUT2D eigenvalue weighted by Crippen LogP contribution is 2.19. The van der Waals surface area contributed by atoms with Gasteiger partial charge >= 0.3 is 0 Å². The van der Waals surface area contributed by atoms with Crippen molar-refractivity contribution in [2.45, 2.75) is 19.9 Å². The molecule has 0 fully saturated rings. The zero-order valence-corrected chi connectivity index (χ0v) is 18.4. The quantitative estimate of drug-likeness (QED) is 0.541. The molecule has 0 bridgehead atoms. The molecule has 0 heterocycles. The van der Waals surface area contributed by atoms with Crippen molar-refractivity contribution in [2.75, 3.05) is 11.9 Å². The fourth-order valence-electron chi connectivity index (χ4n) is 2.35. The van der Waals surface area contributed by atoms with Crippen molar-refractivity contribution in [1.82, 2.24) is 10.0 Å². The second-order valence-electron chi connectivity index (χ2n) is 6.32. The summed E-state index contributed by atoms with van der Waals surface area (Å²) in [4.78, 5) is 24.1. The molecule has 0 aliphatic heterocycles. The molecule has 7 nitrogen and oxygen atoms in total. The van der Waals surface area contributed by atoms with Gasteiger partial charge in [-0.25, -0.2) is 8.42 Å². The minimum Gasteiger partial charge on any atom is -0.346 e. The van der Waals surface area contributed by atoms with Crippen LogP contribution in [0, 0.1) is 6.92 Å². The Hall–Kier alpha value is -2.49. The first kappa shape index (κ1) is 22.8. The summed E-state index contributed by atoms with van der Waals surface area (Å²) >= 11 is 3.35. The maximum absolute atomic E-state index is 12.1. The summed E-state index contributed by atoms with van der Waals surface area (Å²) in [7, 11) is -3.82. The van der Waals surface area contributed by atoms with E-state index in [-0.39, 0.29) is 6.54 Å². The van der Waals surface area contributed by atoms with Crippen LogP contribution < -0.4 is 15.4 Å². The number of amides is 2. The number of hydrogen-bond acceptors (Lipinski definition) is 4. The fraction of sp³-hybridized carbons (Fsp3) is 0.200. The van der Waals surface area contributed by atoms with E-state index in [2.05, 4.69) is 31.3 Å². The van der Waals surface area contributed by atoms with Crippen LogP contribution in [0.3, 0.4) is 0 Å². The Balaban J connectivity index is 1.85. The lowest BCUT2D eigenvalue weighted by atomic mass is 10.2. The molecule has 0 saturated carbocycles. The molecule has 9 heteroatoms. The van der Waals surface area contributed by atoms with Gasteiger partial charge in [-0.05, 0) is 49.2 Å². The number of rotatable bonds is 8. The number of carbonyl (C=O) groups excluding carboxylic acids is 2. The van der Waals surface area contributed by atoms with Gasteiger partial charge in [0.1, 0.15) is 0 Å². The third-order valence-electron chi connectivity index (χ3n) is 3.86. The molecular formula is C20H22BrN3O4S. The number of carbonyl (C=O) groups is 2. The molecule has 0 spiro atoms. The number of sulfonamides is 1. The van der Waals surface area contributed by atoms with Gasteiger partial charge in [0.15, 0.2) is 0 Å². The Morgan fingerprint density at radius 3 is 2.48 bits per heavy atom. The molecule has 0 saturated heterocycles. The Morgan fingerprint density at radius 2 is 1.83 bits per heavy atom. The highest BCUT2D eigenvalue weighted by molar-refractivity contribution is 9.10. The van der Waals surface area contributed by atoms with Crippen molar-refractivity contribution in [3.05, 3.63) is 69.5 Å². The van der Waals surface area contributed by atoms with Crippen molar-refractivity contribution in [3.8, 4) is 0 Å². The molecule has 1 atom stereocenters. The van der Waals surface area contributed by atoms with E-state index in [4.69, 9.17) is 0 Å². The van der Waals surface area contributed by atoms with Gasteiger partial charge in [0.25, 0.3) is 0 Å². The highest BCUT2D eigenvalue weighted by atomic mass is 79.9. The number of benzene rings is 2. The summed E-state index contributed by atoms with van der Waals surface area (Å²) in [5.74, 6) is -1.02. The van der Waals surface area contributed by atoms with Crippen LogP contribution in [-0.2, 0) is 19.6 Å². The third kappa shape index (κ3) is 7.80. The Kier molecular flexibility index (Phi) is 8.12. The molecule has 2 rings (SSSR count). The van der Waals surface area contributed by atoms with Crippen molar-refractivity contribution in [1.29, 1.82) is 0 Å². The van der Waals surface area contributed by atoms with Crippen molar-refractivity contribution in [3.63, 3.8) is 0 Å². The molecule has 2 amide bonds. The average Bonchev–Trinajstić information content (AvgIpc) is 2.67. The zero-order chi connectivity index (χ0) is 21.4. The topological polar surface area (TPSA) is 104 Å². The molecule has 29 heavy (non-hydrogen) atoms. The smallest absolute Gasteiger partial charge is 0.243 e.